The van der Waals surface area contributed by atoms with Crippen LogP contribution in [0.15, 0.2) is 0 Å². The molecule has 1 atom stereocenters. The van der Waals surface area contributed by atoms with E-state index in [2.05, 4.69) is 16.8 Å². The van der Waals surface area contributed by atoms with Gasteiger partial charge in [-0.15, -0.1) is 0 Å². The van der Waals surface area contributed by atoms with Gasteiger partial charge in [-0.05, 0) is 47.8 Å². The molecule has 19 heavy (non-hydrogen) atoms. The van der Waals surface area contributed by atoms with Gasteiger partial charge < -0.3 is 19.9 Å². The van der Waals surface area contributed by atoms with Crippen LogP contribution in [0.2, 0.25) is 0 Å². The molecule has 2 N–H and O–H groups in total. The second-order valence-electron chi connectivity index (χ2n) is 4.92. The Hall–Kier alpha value is -1.56. The molecule has 1 heterocycles. The van der Waals surface area contributed by atoms with E-state index in [1.54, 1.807) is 6.92 Å². The SMILES string of the molecule is CCOC(=O)c1nc(C)n(C(C)CCN(C)C)c1N. The topological polar surface area (TPSA) is 73.4 Å². The van der Waals surface area contributed by atoms with Crippen molar-refractivity contribution in [1.29, 1.82) is 0 Å². The highest BCUT2D eigenvalue weighted by molar-refractivity contribution is 5.92. The van der Waals surface area contributed by atoms with Crippen molar-refractivity contribution in [3.8, 4) is 0 Å². The van der Waals surface area contributed by atoms with Crippen LogP contribution >= 0.6 is 0 Å². The number of ether oxygens (including phenoxy) is 1. The molecular weight excluding hydrogens is 244 g/mol. The molecule has 0 saturated heterocycles. The number of rotatable bonds is 6. The van der Waals surface area contributed by atoms with Gasteiger partial charge in [0.1, 0.15) is 11.6 Å². The van der Waals surface area contributed by atoms with Crippen molar-refractivity contribution in [3.05, 3.63) is 11.5 Å². The molecule has 1 aromatic heterocycles. The summed E-state index contributed by atoms with van der Waals surface area (Å²) in [6.07, 6.45) is 0.941. The third-order valence-corrected chi connectivity index (χ3v) is 3.03. The lowest BCUT2D eigenvalue weighted by molar-refractivity contribution is 0.0521. The number of nitrogens with two attached hydrogens (primary N) is 1. The molecule has 1 unspecified atom stereocenters. The molecule has 0 aliphatic heterocycles. The van der Waals surface area contributed by atoms with Gasteiger partial charge in [-0.3, -0.25) is 0 Å². The predicted octanol–water partition coefficient (Wildman–Crippen LogP) is 1.46. The van der Waals surface area contributed by atoms with Crippen LogP contribution in [-0.2, 0) is 4.74 Å². The first kappa shape index (κ1) is 15.5. The number of nitrogens with zero attached hydrogens (tertiary/aromatic N) is 3. The van der Waals surface area contributed by atoms with Gasteiger partial charge in [0.15, 0.2) is 5.69 Å². The number of anilines is 1. The van der Waals surface area contributed by atoms with Crippen LogP contribution in [0.4, 0.5) is 5.82 Å². The first-order valence-electron chi connectivity index (χ1n) is 6.54. The lowest BCUT2D eigenvalue weighted by Gasteiger charge is -2.19. The van der Waals surface area contributed by atoms with Crippen LogP contribution in [0.25, 0.3) is 0 Å². The van der Waals surface area contributed by atoms with Crippen molar-refractivity contribution in [1.82, 2.24) is 14.5 Å². The van der Waals surface area contributed by atoms with E-state index in [9.17, 15) is 4.79 Å². The Bertz CT molecular complexity index is 440. The lowest BCUT2D eigenvalue weighted by Crippen LogP contribution is -2.19. The van der Waals surface area contributed by atoms with Crippen molar-refractivity contribution in [3.63, 3.8) is 0 Å². The van der Waals surface area contributed by atoms with Crippen LogP contribution < -0.4 is 5.73 Å². The summed E-state index contributed by atoms with van der Waals surface area (Å²) in [6.45, 7) is 6.96. The highest BCUT2D eigenvalue weighted by atomic mass is 16.5. The number of hydrogen-bond donors (Lipinski definition) is 1. The highest BCUT2D eigenvalue weighted by Crippen LogP contribution is 2.23. The van der Waals surface area contributed by atoms with Gasteiger partial charge in [0.2, 0.25) is 0 Å². The maximum Gasteiger partial charge on any atom is 0.360 e. The van der Waals surface area contributed by atoms with Crippen molar-refractivity contribution in [2.75, 3.05) is 33.0 Å². The molecule has 0 saturated carbocycles. The zero-order valence-corrected chi connectivity index (χ0v) is 12.4. The van der Waals surface area contributed by atoms with Gasteiger partial charge in [-0.25, -0.2) is 9.78 Å². The summed E-state index contributed by atoms with van der Waals surface area (Å²) in [4.78, 5) is 18.1. The molecular formula is C13H24N4O2. The van der Waals surface area contributed by atoms with E-state index in [4.69, 9.17) is 10.5 Å². The molecule has 0 amide bonds. The average molecular weight is 268 g/mol. The summed E-state index contributed by atoms with van der Waals surface area (Å²) in [7, 11) is 4.06. The number of carbonyl (C=O) groups excluding carboxylic acids is 1. The third-order valence-electron chi connectivity index (χ3n) is 3.03. The number of imidazole rings is 1. The Morgan fingerprint density at radius 2 is 2.16 bits per heavy atom. The standard InChI is InChI=1S/C13H24N4O2/c1-6-19-13(18)11-12(14)17(10(3)15-11)9(2)7-8-16(4)5/h9H,6-8,14H2,1-5H3. The van der Waals surface area contributed by atoms with Gasteiger partial charge in [0.25, 0.3) is 0 Å². The largest absolute Gasteiger partial charge is 0.461 e. The van der Waals surface area contributed by atoms with Gasteiger partial charge >= 0.3 is 5.97 Å². The van der Waals surface area contributed by atoms with E-state index >= 15 is 0 Å². The summed E-state index contributed by atoms with van der Waals surface area (Å²) in [5.74, 6) is 0.677. The second-order valence-corrected chi connectivity index (χ2v) is 4.92. The van der Waals surface area contributed by atoms with Crippen molar-refractivity contribution in [2.45, 2.75) is 33.2 Å². The van der Waals surface area contributed by atoms with Gasteiger partial charge in [-0.1, -0.05) is 0 Å². The molecule has 0 aliphatic carbocycles. The second kappa shape index (κ2) is 6.56. The van der Waals surface area contributed by atoms with Crippen molar-refractivity contribution >= 4 is 11.8 Å². The van der Waals surface area contributed by atoms with Crippen molar-refractivity contribution in [2.24, 2.45) is 0 Å². The van der Waals surface area contributed by atoms with Gasteiger partial charge in [-0.2, -0.15) is 0 Å². The quantitative estimate of drug-likeness (QED) is 0.791. The number of esters is 1. The summed E-state index contributed by atoms with van der Waals surface area (Å²) in [5, 5.41) is 0. The normalized spacial score (nSPS) is 12.7. The van der Waals surface area contributed by atoms with Crippen molar-refractivity contribution < 1.29 is 9.53 Å². The summed E-state index contributed by atoms with van der Waals surface area (Å²) < 4.78 is 6.85. The number of aryl methyl sites for hydroxylation is 1. The van der Waals surface area contributed by atoms with E-state index in [0.717, 1.165) is 18.8 Å². The molecule has 0 aromatic carbocycles. The fourth-order valence-corrected chi connectivity index (χ4v) is 2.04. The van der Waals surface area contributed by atoms with E-state index in [1.165, 1.54) is 0 Å². The van der Waals surface area contributed by atoms with Crippen LogP contribution in [0, 0.1) is 6.92 Å². The third kappa shape index (κ3) is 3.70. The summed E-state index contributed by atoms with van der Waals surface area (Å²) in [6, 6.07) is 0.193. The smallest absolute Gasteiger partial charge is 0.360 e. The molecule has 0 aliphatic rings. The van der Waals surface area contributed by atoms with E-state index < -0.39 is 5.97 Å². The Labute approximate surface area is 114 Å². The first-order valence-corrected chi connectivity index (χ1v) is 6.54. The van der Waals surface area contributed by atoms with Gasteiger partial charge in [0.05, 0.1) is 6.61 Å². The Morgan fingerprint density at radius 1 is 1.53 bits per heavy atom. The summed E-state index contributed by atoms with van der Waals surface area (Å²) >= 11 is 0. The minimum absolute atomic E-state index is 0.193. The molecule has 0 radical (unpaired) electrons. The zero-order chi connectivity index (χ0) is 14.6. The van der Waals surface area contributed by atoms with Crippen LogP contribution in [0.5, 0.6) is 0 Å². The van der Waals surface area contributed by atoms with Crippen LogP contribution in [0.3, 0.4) is 0 Å². The Balaban J connectivity index is 2.93. The number of aromatic nitrogens is 2. The molecule has 0 spiro atoms. The highest BCUT2D eigenvalue weighted by Gasteiger charge is 2.22. The zero-order valence-electron chi connectivity index (χ0n) is 12.4. The molecule has 6 nitrogen and oxygen atoms in total. The number of nitrogen functional groups attached to an aromatic ring is 1. The maximum absolute atomic E-state index is 11.7. The first-order chi connectivity index (χ1) is 8.88. The fourth-order valence-electron chi connectivity index (χ4n) is 2.04. The van der Waals surface area contributed by atoms with Crippen LogP contribution in [-0.4, -0.2) is 47.7 Å². The molecule has 0 fully saturated rings. The molecule has 0 bridgehead atoms. The average Bonchev–Trinajstić information content (AvgIpc) is 2.62. The minimum Gasteiger partial charge on any atom is -0.461 e. The van der Waals surface area contributed by atoms with E-state index in [1.807, 2.05) is 25.6 Å². The Kier molecular flexibility index (Phi) is 5.35. The monoisotopic (exact) mass is 268 g/mol. The number of hydrogen-bond acceptors (Lipinski definition) is 5. The fraction of sp³-hybridized carbons (Fsp3) is 0.692. The maximum atomic E-state index is 11.7. The van der Waals surface area contributed by atoms with Crippen LogP contribution in [0.1, 0.15) is 42.6 Å². The van der Waals surface area contributed by atoms with Gasteiger partial charge in [0, 0.05) is 6.04 Å². The molecule has 6 heteroatoms. The Morgan fingerprint density at radius 3 is 2.68 bits per heavy atom. The minimum atomic E-state index is -0.457. The number of carbonyl (C=O) groups is 1. The molecule has 1 aromatic rings. The molecule has 108 valence electrons. The van der Waals surface area contributed by atoms with E-state index in [0.29, 0.717) is 12.4 Å². The molecule has 1 rings (SSSR count). The predicted molar refractivity (Wildman–Crippen MR) is 75.2 cm³/mol. The lowest BCUT2D eigenvalue weighted by atomic mass is 10.2. The van der Waals surface area contributed by atoms with E-state index in [-0.39, 0.29) is 11.7 Å². The summed E-state index contributed by atoms with van der Waals surface area (Å²) in [5.41, 5.74) is 6.25.